The summed E-state index contributed by atoms with van der Waals surface area (Å²) in [5.74, 6) is -0.954. The number of hydrogen-bond acceptors (Lipinski definition) is 3. The van der Waals surface area contributed by atoms with Crippen molar-refractivity contribution in [3.8, 4) is 0 Å². The summed E-state index contributed by atoms with van der Waals surface area (Å²) in [6.07, 6.45) is 4.93. The Morgan fingerprint density at radius 2 is 1.88 bits per heavy atom. The van der Waals surface area contributed by atoms with Crippen LogP contribution in [-0.2, 0) is 11.3 Å². The molecule has 6 nitrogen and oxygen atoms in total. The highest BCUT2D eigenvalue weighted by molar-refractivity contribution is 6.07. The standard InChI is InChI=1S/C20H21N3O3/c24-19(25)10-4-6-12-22-20(26)17-14-23(13-15-7-3-5-11-21-15)18-9-2-1-8-16(17)18/h1-3,5,7-9,11,14H,4,6,10,12-13H2,(H,22,26)(H,24,25). The zero-order chi connectivity index (χ0) is 18.4. The van der Waals surface area contributed by atoms with Crippen molar-refractivity contribution >= 4 is 22.8 Å². The second-order valence-corrected chi connectivity index (χ2v) is 6.12. The van der Waals surface area contributed by atoms with E-state index in [1.807, 2.05) is 53.2 Å². The molecule has 0 spiro atoms. The number of benzene rings is 1. The molecule has 0 aliphatic carbocycles. The summed E-state index contributed by atoms with van der Waals surface area (Å²) in [7, 11) is 0. The van der Waals surface area contributed by atoms with Crippen molar-refractivity contribution in [2.24, 2.45) is 0 Å². The number of nitrogens with one attached hydrogen (secondary N) is 1. The van der Waals surface area contributed by atoms with Crippen molar-refractivity contribution < 1.29 is 14.7 Å². The summed E-state index contributed by atoms with van der Waals surface area (Å²) in [6.45, 7) is 1.05. The zero-order valence-corrected chi connectivity index (χ0v) is 14.4. The Morgan fingerprint density at radius 1 is 1.08 bits per heavy atom. The zero-order valence-electron chi connectivity index (χ0n) is 14.4. The summed E-state index contributed by atoms with van der Waals surface area (Å²) in [4.78, 5) is 27.4. The SMILES string of the molecule is O=C(O)CCCCNC(=O)c1cn(Cc2ccccn2)c2ccccc12. The van der Waals surface area contributed by atoms with Gasteiger partial charge in [-0.3, -0.25) is 14.6 Å². The number of pyridine rings is 1. The summed E-state index contributed by atoms with van der Waals surface area (Å²) >= 11 is 0. The van der Waals surface area contributed by atoms with Crippen molar-refractivity contribution in [3.05, 3.63) is 66.1 Å². The third-order valence-electron chi connectivity index (χ3n) is 4.19. The van der Waals surface area contributed by atoms with Gasteiger partial charge in [-0.05, 0) is 31.0 Å². The van der Waals surface area contributed by atoms with Gasteiger partial charge in [0, 0.05) is 36.3 Å². The van der Waals surface area contributed by atoms with Gasteiger partial charge in [0.1, 0.15) is 0 Å². The van der Waals surface area contributed by atoms with Crippen LogP contribution in [-0.4, -0.2) is 33.1 Å². The number of carbonyl (C=O) groups excluding carboxylic acids is 1. The molecule has 2 heterocycles. The smallest absolute Gasteiger partial charge is 0.303 e. The maximum Gasteiger partial charge on any atom is 0.303 e. The molecular formula is C20H21N3O3. The Morgan fingerprint density at radius 3 is 2.65 bits per heavy atom. The van der Waals surface area contributed by atoms with Gasteiger partial charge in [-0.1, -0.05) is 24.3 Å². The molecule has 2 aromatic heterocycles. The summed E-state index contributed by atoms with van der Waals surface area (Å²) < 4.78 is 2.02. The minimum Gasteiger partial charge on any atom is -0.481 e. The van der Waals surface area contributed by atoms with E-state index in [1.54, 1.807) is 6.20 Å². The minimum absolute atomic E-state index is 0.124. The molecule has 6 heteroatoms. The van der Waals surface area contributed by atoms with Crippen LogP contribution < -0.4 is 5.32 Å². The van der Waals surface area contributed by atoms with Crippen molar-refractivity contribution in [2.75, 3.05) is 6.54 Å². The first-order chi connectivity index (χ1) is 12.6. The van der Waals surface area contributed by atoms with Crippen LogP contribution in [0.2, 0.25) is 0 Å². The lowest BCUT2D eigenvalue weighted by molar-refractivity contribution is -0.137. The molecule has 0 aliphatic rings. The molecule has 3 rings (SSSR count). The van der Waals surface area contributed by atoms with Gasteiger partial charge in [-0.15, -0.1) is 0 Å². The van der Waals surface area contributed by atoms with Gasteiger partial charge in [0.15, 0.2) is 0 Å². The first-order valence-corrected chi connectivity index (χ1v) is 8.63. The van der Waals surface area contributed by atoms with Gasteiger partial charge in [0.25, 0.3) is 5.91 Å². The van der Waals surface area contributed by atoms with Gasteiger partial charge in [0.05, 0.1) is 17.8 Å². The second-order valence-electron chi connectivity index (χ2n) is 6.12. The molecule has 3 aromatic rings. The fraction of sp³-hybridized carbons (Fsp3) is 0.250. The topological polar surface area (TPSA) is 84.2 Å². The van der Waals surface area contributed by atoms with E-state index < -0.39 is 5.97 Å². The van der Waals surface area contributed by atoms with E-state index in [1.165, 1.54) is 0 Å². The number of fused-ring (bicyclic) bond motifs is 1. The van der Waals surface area contributed by atoms with Crippen LogP contribution in [0.4, 0.5) is 0 Å². The summed E-state index contributed by atoms with van der Waals surface area (Å²) in [5, 5.41) is 12.4. The van der Waals surface area contributed by atoms with E-state index in [4.69, 9.17) is 5.11 Å². The number of para-hydroxylation sites is 1. The Kier molecular flexibility index (Phi) is 5.63. The van der Waals surface area contributed by atoms with Crippen LogP contribution in [0, 0.1) is 0 Å². The molecule has 0 saturated heterocycles. The average molecular weight is 351 g/mol. The quantitative estimate of drug-likeness (QED) is 0.611. The highest BCUT2D eigenvalue weighted by Gasteiger charge is 2.14. The number of aliphatic carboxylic acids is 1. The number of aromatic nitrogens is 2. The molecule has 0 bridgehead atoms. The average Bonchev–Trinajstić information content (AvgIpc) is 3.01. The number of rotatable bonds is 8. The van der Waals surface area contributed by atoms with Crippen LogP contribution in [0.15, 0.2) is 54.9 Å². The lowest BCUT2D eigenvalue weighted by atomic mass is 10.1. The van der Waals surface area contributed by atoms with Crippen molar-refractivity contribution in [1.29, 1.82) is 0 Å². The number of carboxylic acids is 1. The maximum atomic E-state index is 12.6. The molecular weight excluding hydrogens is 330 g/mol. The molecule has 0 aliphatic heterocycles. The van der Waals surface area contributed by atoms with E-state index in [9.17, 15) is 9.59 Å². The number of hydrogen-bond donors (Lipinski definition) is 2. The van der Waals surface area contributed by atoms with Crippen LogP contribution in [0.1, 0.15) is 35.3 Å². The molecule has 26 heavy (non-hydrogen) atoms. The van der Waals surface area contributed by atoms with Gasteiger partial charge >= 0.3 is 5.97 Å². The molecule has 1 aromatic carbocycles. The van der Waals surface area contributed by atoms with Crippen LogP contribution in [0.25, 0.3) is 10.9 Å². The number of carbonyl (C=O) groups is 2. The lowest BCUT2D eigenvalue weighted by Crippen LogP contribution is -2.24. The largest absolute Gasteiger partial charge is 0.481 e. The van der Waals surface area contributed by atoms with E-state index >= 15 is 0 Å². The van der Waals surface area contributed by atoms with E-state index in [0.29, 0.717) is 31.5 Å². The molecule has 0 fully saturated rings. The molecule has 0 atom stereocenters. The number of nitrogens with zero attached hydrogens (tertiary/aromatic N) is 2. The van der Waals surface area contributed by atoms with Crippen LogP contribution in [0.3, 0.4) is 0 Å². The molecule has 0 radical (unpaired) electrons. The second kappa shape index (κ2) is 8.29. The van der Waals surface area contributed by atoms with Crippen molar-refractivity contribution in [2.45, 2.75) is 25.8 Å². The van der Waals surface area contributed by atoms with Gasteiger partial charge in [-0.2, -0.15) is 0 Å². The van der Waals surface area contributed by atoms with Crippen LogP contribution in [0.5, 0.6) is 0 Å². The Hall–Kier alpha value is -3.15. The predicted molar refractivity (Wildman–Crippen MR) is 99.1 cm³/mol. The molecule has 2 N–H and O–H groups in total. The fourth-order valence-electron chi connectivity index (χ4n) is 2.92. The summed E-state index contributed by atoms with van der Waals surface area (Å²) in [6, 6.07) is 13.6. The van der Waals surface area contributed by atoms with E-state index in [-0.39, 0.29) is 12.3 Å². The Balaban J connectivity index is 1.74. The first kappa shape index (κ1) is 17.7. The predicted octanol–water partition coefficient (Wildman–Crippen LogP) is 3.07. The van der Waals surface area contributed by atoms with Crippen LogP contribution >= 0.6 is 0 Å². The van der Waals surface area contributed by atoms with Crippen molar-refractivity contribution in [3.63, 3.8) is 0 Å². The molecule has 1 amide bonds. The highest BCUT2D eigenvalue weighted by atomic mass is 16.4. The van der Waals surface area contributed by atoms with Crippen molar-refractivity contribution in [1.82, 2.24) is 14.9 Å². The normalized spacial score (nSPS) is 10.8. The Bertz CT molecular complexity index is 903. The molecule has 0 saturated carbocycles. The minimum atomic E-state index is -0.811. The Labute approximate surface area is 151 Å². The molecule has 0 unspecified atom stereocenters. The third-order valence-corrected chi connectivity index (χ3v) is 4.19. The lowest BCUT2D eigenvalue weighted by Gasteiger charge is -2.04. The highest BCUT2D eigenvalue weighted by Crippen LogP contribution is 2.22. The molecule has 134 valence electrons. The van der Waals surface area contributed by atoms with E-state index in [0.717, 1.165) is 16.6 Å². The number of amides is 1. The third kappa shape index (κ3) is 4.27. The first-order valence-electron chi connectivity index (χ1n) is 8.63. The van der Waals surface area contributed by atoms with Gasteiger partial charge in [-0.25, -0.2) is 0 Å². The van der Waals surface area contributed by atoms with Gasteiger partial charge in [0.2, 0.25) is 0 Å². The number of unbranched alkanes of at least 4 members (excludes halogenated alkanes) is 1. The monoisotopic (exact) mass is 351 g/mol. The maximum absolute atomic E-state index is 12.6. The fourth-order valence-corrected chi connectivity index (χ4v) is 2.92. The summed E-state index contributed by atoms with van der Waals surface area (Å²) in [5.41, 5.74) is 2.53. The van der Waals surface area contributed by atoms with Gasteiger partial charge < -0.3 is 15.0 Å². The number of carboxylic acid groups (broad SMARTS) is 1. The van der Waals surface area contributed by atoms with E-state index in [2.05, 4.69) is 10.3 Å².